The first kappa shape index (κ1) is 11.7. The minimum absolute atomic E-state index is 0.0223. The second kappa shape index (κ2) is 5.01. The summed E-state index contributed by atoms with van der Waals surface area (Å²) in [6, 6.07) is 0. The zero-order valence-electron chi connectivity index (χ0n) is 8.78. The Bertz CT molecular complexity index is 386. The molecule has 0 bridgehead atoms. The van der Waals surface area contributed by atoms with E-state index in [2.05, 4.69) is 9.88 Å². The van der Waals surface area contributed by atoms with Gasteiger partial charge in [-0.15, -0.1) is 0 Å². The lowest BCUT2D eigenvalue weighted by Gasteiger charge is -2.18. The van der Waals surface area contributed by atoms with Crippen LogP contribution in [0.4, 0.5) is 5.13 Å². The first-order valence-corrected chi connectivity index (χ1v) is 6.52. The van der Waals surface area contributed by atoms with E-state index in [4.69, 9.17) is 16.7 Å². The molecule has 1 fully saturated rings. The molecule has 1 aliphatic heterocycles. The summed E-state index contributed by atoms with van der Waals surface area (Å²) in [5.41, 5.74) is -0.0223. The quantitative estimate of drug-likeness (QED) is 0.888. The van der Waals surface area contributed by atoms with Crippen molar-refractivity contribution < 1.29 is 9.90 Å². The lowest BCUT2D eigenvalue weighted by atomic mass is 10.2. The van der Waals surface area contributed by atoms with Crippen LogP contribution < -0.4 is 4.90 Å². The zero-order chi connectivity index (χ0) is 11.5. The Hall–Kier alpha value is -0.810. The van der Waals surface area contributed by atoms with Gasteiger partial charge in [0.2, 0.25) is 0 Å². The molecule has 2 rings (SSSR count). The molecule has 6 heteroatoms. The number of carboxylic acids is 1. The van der Waals surface area contributed by atoms with Crippen molar-refractivity contribution in [2.45, 2.75) is 25.7 Å². The summed E-state index contributed by atoms with van der Waals surface area (Å²) < 4.78 is 0.270. The van der Waals surface area contributed by atoms with Gasteiger partial charge in [-0.3, -0.25) is 0 Å². The summed E-state index contributed by atoms with van der Waals surface area (Å²) in [6.07, 6.45) is 4.75. The molecule has 0 amide bonds. The average molecular weight is 261 g/mol. The molecule has 2 heterocycles. The summed E-state index contributed by atoms with van der Waals surface area (Å²) in [5.74, 6) is -1.05. The molecule has 0 atom stereocenters. The number of rotatable bonds is 2. The first-order valence-electron chi connectivity index (χ1n) is 5.33. The number of thiazole rings is 1. The molecule has 0 saturated carbocycles. The van der Waals surface area contributed by atoms with Crippen LogP contribution in [0.25, 0.3) is 0 Å². The zero-order valence-corrected chi connectivity index (χ0v) is 10.4. The summed E-state index contributed by atoms with van der Waals surface area (Å²) in [4.78, 5) is 17.0. The third-order valence-electron chi connectivity index (χ3n) is 2.65. The summed E-state index contributed by atoms with van der Waals surface area (Å²) in [6.45, 7) is 1.89. The maximum Gasteiger partial charge on any atom is 0.357 e. The summed E-state index contributed by atoms with van der Waals surface area (Å²) >= 11 is 7.11. The van der Waals surface area contributed by atoms with Gasteiger partial charge in [-0.25, -0.2) is 9.78 Å². The number of nitrogens with zero attached hydrogens (tertiary/aromatic N) is 2. The number of aromatic nitrogens is 1. The van der Waals surface area contributed by atoms with E-state index < -0.39 is 5.97 Å². The van der Waals surface area contributed by atoms with Gasteiger partial charge < -0.3 is 10.0 Å². The maximum absolute atomic E-state index is 10.8. The van der Waals surface area contributed by atoms with E-state index in [1.54, 1.807) is 0 Å². The number of aromatic carboxylic acids is 1. The Balaban J connectivity index is 2.19. The SMILES string of the molecule is O=C(O)c1nc(N2CCCCCC2)sc1Cl. The van der Waals surface area contributed by atoms with E-state index in [1.807, 2.05) is 0 Å². The van der Waals surface area contributed by atoms with Crippen LogP contribution in [0, 0.1) is 0 Å². The Morgan fingerprint density at radius 2 is 1.94 bits per heavy atom. The molecule has 0 aromatic carbocycles. The number of halogens is 1. The monoisotopic (exact) mass is 260 g/mol. The van der Waals surface area contributed by atoms with Crippen LogP contribution in [0.1, 0.15) is 36.2 Å². The largest absolute Gasteiger partial charge is 0.476 e. The topological polar surface area (TPSA) is 53.4 Å². The lowest BCUT2D eigenvalue weighted by molar-refractivity contribution is 0.0691. The van der Waals surface area contributed by atoms with Crippen molar-refractivity contribution in [2.24, 2.45) is 0 Å². The van der Waals surface area contributed by atoms with Crippen LogP contribution in [0.15, 0.2) is 0 Å². The first-order chi connectivity index (χ1) is 7.68. The van der Waals surface area contributed by atoms with E-state index in [-0.39, 0.29) is 10.0 Å². The molecule has 88 valence electrons. The number of carboxylic acid groups (broad SMARTS) is 1. The lowest BCUT2D eigenvalue weighted by Crippen LogP contribution is -2.23. The van der Waals surface area contributed by atoms with Crippen molar-refractivity contribution in [1.82, 2.24) is 4.98 Å². The van der Waals surface area contributed by atoms with Crippen molar-refractivity contribution in [3.8, 4) is 0 Å². The molecule has 0 spiro atoms. The molecule has 0 aliphatic carbocycles. The normalized spacial score (nSPS) is 17.2. The fraction of sp³-hybridized carbons (Fsp3) is 0.600. The van der Waals surface area contributed by atoms with Gasteiger partial charge in [0.25, 0.3) is 0 Å². The van der Waals surface area contributed by atoms with Crippen molar-refractivity contribution in [3.05, 3.63) is 10.0 Å². The highest BCUT2D eigenvalue weighted by Gasteiger charge is 2.20. The molecule has 0 unspecified atom stereocenters. The van der Waals surface area contributed by atoms with E-state index >= 15 is 0 Å². The van der Waals surface area contributed by atoms with Gasteiger partial charge in [0.15, 0.2) is 10.8 Å². The maximum atomic E-state index is 10.8. The van der Waals surface area contributed by atoms with E-state index in [1.165, 1.54) is 24.2 Å². The van der Waals surface area contributed by atoms with Crippen LogP contribution in [0.5, 0.6) is 0 Å². The van der Waals surface area contributed by atoms with Gasteiger partial charge in [0.05, 0.1) is 0 Å². The molecular weight excluding hydrogens is 248 g/mol. The van der Waals surface area contributed by atoms with Crippen LogP contribution in [-0.4, -0.2) is 29.1 Å². The van der Waals surface area contributed by atoms with E-state index in [9.17, 15) is 4.79 Å². The number of hydrogen-bond donors (Lipinski definition) is 1. The Kier molecular flexibility index (Phi) is 3.66. The average Bonchev–Trinajstić information content (AvgIpc) is 2.50. The van der Waals surface area contributed by atoms with Crippen LogP contribution >= 0.6 is 22.9 Å². The second-order valence-corrected chi connectivity index (χ2v) is 5.40. The number of carbonyl (C=O) groups is 1. The van der Waals surface area contributed by atoms with Crippen LogP contribution in [0.2, 0.25) is 4.34 Å². The Labute approximate surface area is 103 Å². The van der Waals surface area contributed by atoms with Crippen molar-refractivity contribution in [2.75, 3.05) is 18.0 Å². The van der Waals surface area contributed by atoms with Crippen LogP contribution in [0.3, 0.4) is 0 Å². The Morgan fingerprint density at radius 3 is 2.44 bits per heavy atom. The van der Waals surface area contributed by atoms with Gasteiger partial charge in [0.1, 0.15) is 4.34 Å². The summed E-state index contributed by atoms with van der Waals surface area (Å²) in [7, 11) is 0. The predicted octanol–water partition coefficient (Wildman–Crippen LogP) is 2.88. The fourth-order valence-corrected chi connectivity index (χ4v) is 2.99. The molecule has 16 heavy (non-hydrogen) atoms. The highest BCUT2D eigenvalue weighted by Crippen LogP contribution is 2.31. The van der Waals surface area contributed by atoms with Gasteiger partial charge in [0, 0.05) is 13.1 Å². The second-order valence-electron chi connectivity index (χ2n) is 3.83. The third-order valence-corrected chi connectivity index (χ3v) is 3.97. The minimum atomic E-state index is -1.05. The molecule has 4 nitrogen and oxygen atoms in total. The van der Waals surface area contributed by atoms with Crippen molar-refractivity contribution >= 4 is 34.0 Å². The van der Waals surface area contributed by atoms with Crippen LogP contribution in [-0.2, 0) is 0 Å². The van der Waals surface area contributed by atoms with E-state index in [0.29, 0.717) is 0 Å². The van der Waals surface area contributed by atoms with Gasteiger partial charge in [-0.2, -0.15) is 0 Å². The molecule has 1 N–H and O–H groups in total. The van der Waals surface area contributed by atoms with Gasteiger partial charge in [-0.1, -0.05) is 35.8 Å². The standard InChI is InChI=1S/C10H13ClN2O2S/c11-8-7(9(14)15)12-10(16-8)13-5-3-1-2-4-6-13/h1-6H2,(H,14,15). The molecule has 1 aromatic heterocycles. The third kappa shape index (κ3) is 2.47. The molecule has 0 radical (unpaired) electrons. The number of anilines is 1. The number of hydrogen-bond acceptors (Lipinski definition) is 4. The fourth-order valence-electron chi connectivity index (χ4n) is 1.82. The summed E-state index contributed by atoms with van der Waals surface area (Å²) in [5, 5.41) is 9.61. The van der Waals surface area contributed by atoms with Gasteiger partial charge in [-0.05, 0) is 12.8 Å². The predicted molar refractivity (Wildman–Crippen MR) is 64.8 cm³/mol. The molecule has 1 aromatic rings. The molecular formula is C10H13ClN2O2S. The van der Waals surface area contributed by atoms with Crippen molar-refractivity contribution in [1.29, 1.82) is 0 Å². The molecule has 1 aliphatic rings. The van der Waals surface area contributed by atoms with Crippen molar-refractivity contribution in [3.63, 3.8) is 0 Å². The highest BCUT2D eigenvalue weighted by atomic mass is 35.5. The molecule has 1 saturated heterocycles. The van der Waals surface area contributed by atoms with E-state index in [0.717, 1.165) is 31.1 Å². The minimum Gasteiger partial charge on any atom is -0.476 e. The van der Waals surface area contributed by atoms with Gasteiger partial charge >= 0.3 is 5.97 Å². The highest BCUT2D eigenvalue weighted by molar-refractivity contribution is 7.19. The Morgan fingerprint density at radius 1 is 1.31 bits per heavy atom. The smallest absolute Gasteiger partial charge is 0.357 e.